The molecule has 0 aromatic carbocycles. The van der Waals surface area contributed by atoms with Gasteiger partial charge < -0.3 is 65.7 Å². The highest BCUT2D eigenvalue weighted by molar-refractivity contribution is 5.83. The molecule has 19 N–H and O–H groups in total. The molecule has 2 amide bonds. The first kappa shape index (κ1) is 41.4. The quantitative estimate of drug-likeness (QED) is 0.128. The second-order valence-electron chi connectivity index (χ2n) is 5.89. The molecule has 0 saturated carbocycles. The van der Waals surface area contributed by atoms with Crippen LogP contribution >= 0.6 is 0 Å². The summed E-state index contributed by atoms with van der Waals surface area (Å²) < 4.78 is 0. The summed E-state index contributed by atoms with van der Waals surface area (Å²) in [6.07, 6.45) is -0.187. The molecule has 0 heterocycles. The van der Waals surface area contributed by atoms with Crippen molar-refractivity contribution in [1.29, 1.82) is 0 Å². The zero-order valence-electron chi connectivity index (χ0n) is 18.9. The highest BCUT2D eigenvalue weighted by atomic mass is 16.4. The Balaban J connectivity index is -0.000000111. The number of hydrogen-bond donors (Lipinski definition) is 12. The van der Waals surface area contributed by atoms with Crippen LogP contribution in [0.5, 0.6) is 0 Å². The van der Waals surface area contributed by atoms with Crippen LogP contribution in [-0.4, -0.2) is 98.4 Å². The summed E-state index contributed by atoms with van der Waals surface area (Å²) in [5.74, 6) is -6.46. The van der Waals surface area contributed by atoms with Gasteiger partial charge in [0.05, 0.1) is 19.5 Å². The van der Waals surface area contributed by atoms with Crippen LogP contribution < -0.4 is 40.1 Å². The van der Waals surface area contributed by atoms with Gasteiger partial charge in [-0.15, -0.1) is 0 Å². The van der Waals surface area contributed by atoms with E-state index in [0.29, 0.717) is 0 Å². The van der Waals surface area contributed by atoms with Crippen molar-refractivity contribution in [1.82, 2.24) is 0 Å². The van der Waals surface area contributed by atoms with Crippen LogP contribution in [-0.2, 0) is 33.6 Å². The van der Waals surface area contributed by atoms with Crippen LogP contribution in [0.4, 0.5) is 0 Å². The Kier molecular flexibility index (Phi) is 31.1. The van der Waals surface area contributed by atoms with E-state index in [0.717, 1.165) is 0 Å². The molecule has 0 unspecified atom stereocenters. The van der Waals surface area contributed by atoms with E-state index in [1.165, 1.54) is 6.92 Å². The molecule has 0 aromatic rings. The number of hydrogen-bond acceptors (Lipinski definition) is 12. The van der Waals surface area contributed by atoms with Crippen LogP contribution in [0, 0.1) is 0 Å². The van der Waals surface area contributed by atoms with Gasteiger partial charge in [0.15, 0.2) is 0 Å². The molecule has 0 aliphatic carbocycles. The fraction of sp³-hybridized carbons (Fsp3) is 0.562. The Morgan fingerprint density at radius 3 is 1.03 bits per heavy atom. The zero-order valence-corrected chi connectivity index (χ0v) is 18.9. The Labute approximate surface area is 199 Å². The van der Waals surface area contributed by atoms with E-state index >= 15 is 0 Å². The third-order valence-electron chi connectivity index (χ3n) is 2.50. The Morgan fingerprint density at radius 1 is 0.629 bits per heavy atom. The molecule has 0 aromatic heterocycles. The minimum atomic E-state index is -1.21. The molecule has 0 spiro atoms. The average molecular weight is 517 g/mol. The number of carboxylic acids is 5. The fourth-order valence-electron chi connectivity index (χ4n) is 0.725. The van der Waals surface area contributed by atoms with Crippen molar-refractivity contribution in [3.8, 4) is 0 Å². The summed E-state index contributed by atoms with van der Waals surface area (Å²) in [6.45, 7) is 0.863. The summed E-state index contributed by atoms with van der Waals surface area (Å²) in [7, 11) is 0. The van der Waals surface area contributed by atoms with Gasteiger partial charge in [0.1, 0.15) is 18.1 Å². The summed E-state index contributed by atoms with van der Waals surface area (Å²) in [4.78, 5) is 68.1. The van der Waals surface area contributed by atoms with E-state index in [1.54, 1.807) is 0 Å². The number of carboxylic acid groups (broad SMARTS) is 5. The molecule has 0 rings (SSSR count). The molecule has 0 aliphatic rings. The second-order valence-corrected chi connectivity index (χ2v) is 5.89. The summed E-state index contributed by atoms with van der Waals surface area (Å²) in [6, 6.07) is -2.88. The van der Waals surface area contributed by atoms with Gasteiger partial charge in [-0.1, -0.05) is 0 Å². The normalized spacial score (nSPS) is 11.3. The lowest BCUT2D eigenvalue weighted by Gasteiger charge is -2.01. The monoisotopic (exact) mass is 517 g/mol. The van der Waals surface area contributed by atoms with Gasteiger partial charge in [-0.05, 0) is 13.3 Å². The summed E-state index contributed by atoms with van der Waals surface area (Å²) >= 11 is 0. The highest BCUT2D eigenvalue weighted by Gasteiger charge is 2.13. The van der Waals surface area contributed by atoms with Crippen molar-refractivity contribution >= 4 is 41.7 Å². The lowest BCUT2D eigenvalue weighted by molar-refractivity contribution is -0.140. The molecule has 0 fully saturated rings. The van der Waals surface area contributed by atoms with E-state index in [1.807, 2.05) is 0 Å². The molecule has 19 nitrogen and oxygen atoms in total. The van der Waals surface area contributed by atoms with E-state index < -0.39 is 59.8 Å². The molecule has 0 radical (unpaired) electrons. The first-order valence-corrected chi connectivity index (χ1v) is 9.11. The minimum absolute atomic E-state index is 0.0213. The molecule has 0 bridgehead atoms. The fourth-order valence-corrected chi connectivity index (χ4v) is 0.725. The molecule has 206 valence electrons. The van der Waals surface area contributed by atoms with Crippen molar-refractivity contribution < 1.29 is 59.1 Å². The van der Waals surface area contributed by atoms with Crippen molar-refractivity contribution in [2.75, 3.05) is 13.1 Å². The first-order chi connectivity index (χ1) is 15.8. The topological polar surface area (TPSA) is 403 Å². The van der Waals surface area contributed by atoms with Gasteiger partial charge in [0.2, 0.25) is 11.8 Å². The Hall–Kier alpha value is -3.91. The predicted molar refractivity (Wildman–Crippen MR) is 118 cm³/mol. The number of carbonyl (C=O) groups excluding carboxylic acids is 2. The Morgan fingerprint density at radius 2 is 0.914 bits per heavy atom. The third-order valence-corrected chi connectivity index (χ3v) is 2.50. The lowest BCUT2D eigenvalue weighted by atomic mass is 10.2. The maximum atomic E-state index is 10.1. The first-order valence-electron chi connectivity index (χ1n) is 9.11. The SMILES string of the molecule is C[C@H](N)C(=O)O.NC(=O)CC[C@H](N)C(=O)O.NC(=O)C[C@H](N)C(=O)O.NCC(=O)O.NCC(=O)O. The van der Waals surface area contributed by atoms with Crippen LogP contribution in [0.15, 0.2) is 0 Å². The zero-order chi connectivity index (χ0) is 29.3. The van der Waals surface area contributed by atoms with Gasteiger partial charge in [-0.3, -0.25) is 33.6 Å². The average Bonchev–Trinajstić information content (AvgIpc) is 2.72. The van der Waals surface area contributed by atoms with Gasteiger partial charge in [-0.25, -0.2) is 0 Å². The van der Waals surface area contributed by atoms with Crippen LogP contribution in [0.25, 0.3) is 0 Å². The van der Waals surface area contributed by atoms with Crippen LogP contribution in [0.2, 0.25) is 0 Å². The van der Waals surface area contributed by atoms with Gasteiger partial charge >= 0.3 is 29.8 Å². The number of aliphatic carboxylic acids is 5. The van der Waals surface area contributed by atoms with E-state index in [-0.39, 0.29) is 32.4 Å². The molecule has 0 saturated heterocycles. The predicted octanol–water partition coefficient (Wildman–Crippen LogP) is -5.58. The second kappa shape index (κ2) is 26.3. The summed E-state index contributed by atoms with van der Waals surface area (Å²) in [5, 5.41) is 39.4. The molecular weight excluding hydrogens is 482 g/mol. The van der Waals surface area contributed by atoms with Crippen molar-refractivity contribution in [2.45, 2.75) is 44.3 Å². The smallest absolute Gasteiger partial charge is 0.321 e. The number of nitrogens with two attached hydrogens (primary N) is 7. The standard InChI is InChI=1S/C5H10N2O3.C4H8N2O3.C3H7NO2.2C2H5NO2/c6-3(5(9)10)1-2-4(7)8;5-2(4(8)9)1-3(6)7;1-2(4)3(5)6;2*3-1-2(4)5/h3H,1-2,6H2,(H2,7,8)(H,9,10);2H,1,5H2,(H2,6,7)(H,8,9);2H,4H2,1H3,(H,5,6);2*1,3H2,(H,4,5)/t3-;2*2-;;/m000../s1. The number of amides is 2. The lowest BCUT2D eigenvalue weighted by Crippen LogP contribution is -2.34. The van der Waals surface area contributed by atoms with E-state index in [4.69, 9.17) is 48.5 Å². The Bertz CT molecular complexity index is 659. The maximum absolute atomic E-state index is 10.1. The van der Waals surface area contributed by atoms with Gasteiger partial charge in [0.25, 0.3) is 0 Å². The number of rotatable bonds is 10. The minimum Gasteiger partial charge on any atom is -0.480 e. The third kappa shape index (κ3) is 53.4. The molecular formula is C16H35N7O12. The van der Waals surface area contributed by atoms with Crippen molar-refractivity contribution in [2.24, 2.45) is 40.1 Å². The van der Waals surface area contributed by atoms with Crippen LogP contribution in [0.3, 0.4) is 0 Å². The molecule has 19 heteroatoms. The van der Waals surface area contributed by atoms with Crippen LogP contribution in [0.1, 0.15) is 26.2 Å². The van der Waals surface area contributed by atoms with E-state index in [9.17, 15) is 33.6 Å². The van der Waals surface area contributed by atoms with Crippen molar-refractivity contribution in [3.63, 3.8) is 0 Å². The summed E-state index contributed by atoms with van der Waals surface area (Å²) in [5.41, 5.74) is 33.4. The number of carbonyl (C=O) groups is 7. The molecule has 0 aliphatic heterocycles. The molecule has 3 atom stereocenters. The van der Waals surface area contributed by atoms with Gasteiger partial charge in [0, 0.05) is 6.42 Å². The highest BCUT2D eigenvalue weighted by Crippen LogP contribution is 1.92. The number of primary amides is 2. The largest absolute Gasteiger partial charge is 0.480 e. The maximum Gasteiger partial charge on any atom is 0.321 e. The van der Waals surface area contributed by atoms with Gasteiger partial charge in [-0.2, -0.15) is 0 Å². The van der Waals surface area contributed by atoms with E-state index in [2.05, 4.69) is 17.2 Å². The molecule has 35 heavy (non-hydrogen) atoms. The van der Waals surface area contributed by atoms with Crippen molar-refractivity contribution in [3.05, 3.63) is 0 Å².